The van der Waals surface area contributed by atoms with Gasteiger partial charge in [0.25, 0.3) is 0 Å². The first-order valence-corrected chi connectivity index (χ1v) is 7.90. The Morgan fingerprint density at radius 3 is 2.67 bits per heavy atom. The van der Waals surface area contributed by atoms with Crippen molar-refractivity contribution in [2.24, 2.45) is 11.8 Å². The lowest BCUT2D eigenvalue weighted by molar-refractivity contribution is -0.127. The second kappa shape index (κ2) is 7.46. The normalized spacial score (nSPS) is 17.7. The van der Waals surface area contributed by atoms with E-state index in [4.69, 9.17) is 4.74 Å². The minimum absolute atomic E-state index is 0.00994. The van der Waals surface area contributed by atoms with Gasteiger partial charge in [-0.25, -0.2) is 0 Å². The lowest BCUT2D eigenvalue weighted by atomic mass is 9.88. The maximum Gasteiger partial charge on any atom is 0.223 e. The summed E-state index contributed by atoms with van der Waals surface area (Å²) < 4.78 is 5.68. The van der Waals surface area contributed by atoms with Crippen molar-refractivity contribution in [2.45, 2.75) is 33.2 Å². The van der Waals surface area contributed by atoms with Crippen molar-refractivity contribution in [3.63, 3.8) is 0 Å². The summed E-state index contributed by atoms with van der Waals surface area (Å²) in [6.45, 7) is 8.60. The van der Waals surface area contributed by atoms with Gasteiger partial charge in [-0.15, -0.1) is 0 Å². The molecule has 116 valence electrons. The second-order valence-electron chi connectivity index (χ2n) is 5.65. The third-order valence-corrected chi connectivity index (χ3v) is 4.25. The fraction of sp³-hybridized carbons (Fsp3) is 0.588. The van der Waals surface area contributed by atoms with Gasteiger partial charge < -0.3 is 15.4 Å². The highest BCUT2D eigenvalue weighted by Gasteiger charge is 2.30. The summed E-state index contributed by atoms with van der Waals surface area (Å²) in [5, 5.41) is 6.41. The van der Waals surface area contributed by atoms with Gasteiger partial charge in [0.15, 0.2) is 0 Å². The molecule has 2 atom stereocenters. The number of rotatable bonds is 7. The molecule has 1 heterocycles. The molecular formula is C17H26N2O2. The first-order chi connectivity index (χ1) is 10.2. The molecule has 4 heteroatoms. The zero-order valence-electron chi connectivity index (χ0n) is 13.2. The van der Waals surface area contributed by atoms with Gasteiger partial charge in [0, 0.05) is 11.5 Å². The maximum atomic E-state index is 12.4. The molecule has 1 aromatic rings. The van der Waals surface area contributed by atoms with Crippen LogP contribution in [-0.2, 0) is 4.79 Å². The highest BCUT2D eigenvalue weighted by Crippen LogP contribution is 2.28. The van der Waals surface area contributed by atoms with Crippen LogP contribution in [0.25, 0.3) is 0 Å². The molecule has 1 saturated heterocycles. The van der Waals surface area contributed by atoms with Crippen molar-refractivity contribution in [1.82, 2.24) is 10.6 Å². The lowest BCUT2D eigenvalue weighted by Gasteiger charge is -2.33. The molecule has 0 aliphatic carbocycles. The number of nitrogens with one attached hydrogen (secondary N) is 2. The Kier molecular flexibility index (Phi) is 5.62. The number of ether oxygens (including phenoxy) is 1. The number of carbonyl (C=O) groups excluding carboxylic acids is 1. The molecule has 1 fully saturated rings. The van der Waals surface area contributed by atoms with Crippen molar-refractivity contribution >= 4 is 5.91 Å². The van der Waals surface area contributed by atoms with Gasteiger partial charge in [0.05, 0.1) is 12.6 Å². The van der Waals surface area contributed by atoms with Crippen molar-refractivity contribution in [3.8, 4) is 5.75 Å². The third-order valence-electron chi connectivity index (χ3n) is 4.25. The molecule has 2 unspecified atom stereocenters. The summed E-state index contributed by atoms with van der Waals surface area (Å²) in [7, 11) is 0. The SMILES string of the molecule is CCOc1ccccc1C(CC)NC(=O)C(C)C1CNC1. The first-order valence-electron chi connectivity index (χ1n) is 7.90. The molecule has 1 amide bonds. The van der Waals surface area contributed by atoms with E-state index in [1.165, 1.54) is 0 Å². The van der Waals surface area contributed by atoms with E-state index >= 15 is 0 Å². The molecule has 1 aliphatic heterocycles. The smallest absolute Gasteiger partial charge is 0.223 e. The van der Waals surface area contributed by atoms with Crippen LogP contribution in [0.3, 0.4) is 0 Å². The zero-order valence-corrected chi connectivity index (χ0v) is 13.2. The van der Waals surface area contributed by atoms with Gasteiger partial charge in [-0.3, -0.25) is 4.79 Å². The predicted octanol–water partition coefficient (Wildman–Crippen LogP) is 2.51. The number of carbonyl (C=O) groups is 1. The summed E-state index contributed by atoms with van der Waals surface area (Å²) >= 11 is 0. The van der Waals surface area contributed by atoms with Crippen LogP contribution < -0.4 is 15.4 Å². The van der Waals surface area contributed by atoms with Gasteiger partial charge in [-0.2, -0.15) is 0 Å². The van der Waals surface area contributed by atoms with Crippen LogP contribution in [0.15, 0.2) is 24.3 Å². The number of benzene rings is 1. The zero-order chi connectivity index (χ0) is 15.2. The number of hydrogen-bond acceptors (Lipinski definition) is 3. The highest BCUT2D eigenvalue weighted by atomic mass is 16.5. The van der Waals surface area contributed by atoms with Gasteiger partial charge in [-0.1, -0.05) is 32.0 Å². The van der Waals surface area contributed by atoms with E-state index in [1.807, 2.05) is 38.1 Å². The molecule has 2 N–H and O–H groups in total. The van der Waals surface area contributed by atoms with E-state index in [-0.39, 0.29) is 17.9 Å². The average Bonchev–Trinajstić information content (AvgIpc) is 2.44. The minimum Gasteiger partial charge on any atom is -0.494 e. The topological polar surface area (TPSA) is 50.4 Å². The standard InChI is InChI=1S/C17H26N2O2/c1-4-15(14-8-6-7-9-16(14)21-5-2)19-17(20)12(3)13-10-18-11-13/h6-9,12-13,15,18H,4-5,10-11H2,1-3H3,(H,19,20). The maximum absolute atomic E-state index is 12.4. The summed E-state index contributed by atoms with van der Waals surface area (Å²) in [5.41, 5.74) is 1.06. The molecule has 4 nitrogen and oxygen atoms in total. The van der Waals surface area contributed by atoms with E-state index in [9.17, 15) is 4.79 Å². The van der Waals surface area contributed by atoms with E-state index < -0.39 is 0 Å². The molecule has 0 bridgehead atoms. The highest BCUT2D eigenvalue weighted by molar-refractivity contribution is 5.79. The van der Waals surface area contributed by atoms with E-state index in [2.05, 4.69) is 17.6 Å². The average molecular weight is 290 g/mol. The van der Waals surface area contributed by atoms with Crippen LogP contribution in [0.1, 0.15) is 38.8 Å². The van der Waals surface area contributed by atoms with E-state index in [1.54, 1.807) is 0 Å². The summed E-state index contributed by atoms with van der Waals surface area (Å²) in [4.78, 5) is 12.4. The van der Waals surface area contributed by atoms with Crippen molar-refractivity contribution in [2.75, 3.05) is 19.7 Å². The molecule has 1 aromatic carbocycles. The van der Waals surface area contributed by atoms with Crippen LogP contribution in [0.4, 0.5) is 0 Å². The minimum atomic E-state index is 0.00994. The largest absolute Gasteiger partial charge is 0.494 e. The molecule has 0 spiro atoms. The second-order valence-corrected chi connectivity index (χ2v) is 5.65. The molecule has 2 rings (SSSR count). The van der Waals surface area contributed by atoms with Crippen LogP contribution in [0.2, 0.25) is 0 Å². The van der Waals surface area contributed by atoms with Crippen LogP contribution in [0.5, 0.6) is 5.75 Å². The molecule has 0 aromatic heterocycles. The number of hydrogen-bond donors (Lipinski definition) is 2. The Bertz CT molecular complexity index is 472. The summed E-state index contributed by atoms with van der Waals surface area (Å²) in [5.74, 6) is 1.52. The van der Waals surface area contributed by atoms with Gasteiger partial charge in [-0.05, 0) is 38.4 Å². The Morgan fingerprint density at radius 1 is 1.38 bits per heavy atom. The van der Waals surface area contributed by atoms with Crippen molar-refractivity contribution in [1.29, 1.82) is 0 Å². The third kappa shape index (κ3) is 3.76. The van der Waals surface area contributed by atoms with Crippen LogP contribution >= 0.6 is 0 Å². The predicted molar refractivity (Wildman–Crippen MR) is 84.3 cm³/mol. The van der Waals surface area contributed by atoms with E-state index in [0.29, 0.717) is 12.5 Å². The number of amides is 1. The fourth-order valence-electron chi connectivity index (χ4n) is 2.64. The van der Waals surface area contributed by atoms with Gasteiger partial charge >= 0.3 is 0 Å². The first kappa shape index (κ1) is 15.8. The molecular weight excluding hydrogens is 264 g/mol. The molecule has 21 heavy (non-hydrogen) atoms. The quantitative estimate of drug-likeness (QED) is 0.811. The van der Waals surface area contributed by atoms with Gasteiger partial charge in [0.1, 0.15) is 5.75 Å². The van der Waals surface area contributed by atoms with Crippen molar-refractivity contribution < 1.29 is 9.53 Å². The van der Waals surface area contributed by atoms with E-state index in [0.717, 1.165) is 30.8 Å². The molecule has 1 aliphatic rings. The van der Waals surface area contributed by atoms with Crippen LogP contribution in [0, 0.1) is 11.8 Å². The monoisotopic (exact) mass is 290 g/mol. The van der Waals surface area contributed by atoms with Crippen LogP contribution in [-0.4, -0.2) is 25.6 Å². The Morgan fingerprint density at radius 2 is 2.10 bits per heavy atom. The van der Waals surface area contributed by atoms with Gasteiger partial charge in [0.2, 0.25) is 5.91 Å². The Labute approximate surface area is 127 Å². The summed E-state index contributed by atoms with van der Waals surface area (Å²) in [6.07, 6.45) is 0.853. The number of para-hydroxylation sites is 1. The Hall–Kier alpha value is -1.55. The molecule has 0 saturated carbocycles. The van der Waals surface area contributed by atoms with Crippen molar-refractivity contribution in [3.05, 3.63) is 29.8 Å². The molecule has 0 radical (unpaired) electrons. The fourth-order valence-corrected chi connectivity index (χ4v) is 2.64. The lowest BCUT2D eigenvalue weighted by Crippen LogP contribution is -2.50. The Balaban J connectivity index is 2.06. The summed E-state index contributed by atoms with van der Waals surface area (Å²) in [6, 6.07) is 7.97.